The zero-order valence-electron chi connectivity index (χ0n) is 12.1. The van der Waals surface area contributed by atoms with Crippen LogP contribution in [0.4, 0.5) is 13.2 Å². The molecule has 6 heteroatoms. The van der Waals surface area contributed by atoms with Gasteiger partial charge in [0.05, 0.1) is 16.9 Å². The number of pyridine rings is 1. The Morgan fingerprint density at radius 2 is 1.95 bits per heavy atom. The topological polar surface area (TPSA) is 30.7 Å². The minimum Gasteiger partial charge on any atom is -0.256 e. The zero-order chi connectivity index (χ0) is 15.9. The number of nitrogens with zero attached hydrogens (tertiary/aromatic N) is 3. The highest BCUT2D eigenvalue weighted by Gasteiger charge is 2.36. The van der Waals surface area contributed by atoms with Gasteiger partial charge >= 0.3 is 6.18 Å². The minimum atomic E-state index is -4.46. The standard InChI is InChI=1S/C16H14F3N3/c1-3-11-8-15(16(17,18)19)22(21-11)14-6-4-5-13-12(14)7-10(2)9-20-13/h4-9H,3H2,1-2H3. The predicted octanol–water partition coefficient (Wildman–Crippen LogP) is 4.31. The Bertz CT molecular complexity index is 834. The molecule has 0 saturated heterocycles. The second-order valence-electron chi connectivity index (χ2n) is 5.14. The summed E-state index contributed by atoms with van der Waals surface area (Å²) in [5.74, 6) is 0. The molecule has 3 aromatic rings. The van der Waals surface area contributed by atoms with Gasteiger partial charge in [0, 0.05) is 11.6 Å². The van der Waals surface area contributed by atoms with Crippen LogP contribution >= 0.6 is 0 Å². The normalized spacial score (nSPS) is 12.0. The smallest absolute Gasteiger partial charge is 0.256 e. The second-order valence-corrected chi connectivity index (χ2v) is 5.14. The molecule has 22 heavy (non-hydrogen) atoms. The van der Waals surface area contributed by atoms with Crippen molar-refractivity contribution in [2.75, 3.05) is 0 Å². The molecule has 1 aromatic carbocycles. The van der Waals surface area contributed by atoms with Gasteiger partial charge in [0.25, 0.3) is 0 Å². The summed E-state index contributed by atoms with van der Waals surface area (Å²) in [6.07, 6.45) is -2.32. The molecule has 0 aliphatic heterocycles. The third-order valence-electron chi connectivity index (χ3n) is 3.48. The molecule has 3 rings (SSSR count). The van der Waals surface area contributed by atoms with Gasteiger partial charge < -0.3 is 0 Å². The van der Waals surface area contributed by atoms with E-state index < -0.39 is 11.9 Å². The van der Waals surface area contributed by atoms with E-state index >= 15 is 0 Å². The van der Waals surface area contributed by atoms with Crippen molar-refractivity contribution in [2.45, 2.75) is 26.4 Å². The van der Waals surface area contributed by atoms with E-state index in [-0.39, 0.29) is 0 Å². The van der Waals surface area contributed by atoms with Gasteiger partial charge in [-0.15, -0.1) is 0 Å². The molecule has 2 aromatic heterocycles. The summed E-state index contributed by atoms with van der Waals surface area (Å²) in [5, 5.41) is 4.77. The molecule has 114 valence electrons. The summed E-state index contributed by atoms with van der Waals surface area (Å²) < 4.78 is 40.8. The van der Waals surface area contributed by atoms with Gasteiger partial charge in [-0.2, -0.15) is 18.3 Å². The van der Waals surface area contributed by atoms with E-state index in [9.17, 15) is 13.2 Å². The molecule has 0 radical (unpaired) electrons. The molecule has 0 unspecified atom stereocenters. The fourth-order valence-electron chi connectivity index (χ4n) is 2.41. The van der Waals surface area contributed by atoms with Gasteiger partial charge in [-0.3, -0.25) is 4.98 Å². The van der Waals surface area contributed by atoms with Crippen LogP contribution in [0.2, 0.25) is 0 Å². The Morgan fingerprint density at radius 1 is 1.18 bits per heavy atom. The summed E-state index contributed by atoms with van der Waals surface area (Å²) in [4.78, 5) is 4.26. The van der Waals surface area contributed by atoms with Crippen molar-refractivity contribution in [3.8, 4) is 5.69 Å². The average Bonchev–Trinajstić information content (AvgIpc) is 2.91. The lowest BCUT2D eigenvalue weighted by Gasteiger charge is -2.12. The van der Waals surface area contributed by atoms with Crippen LogP contribution in [0.3, 0.4) is 0 Å². The van der Waals surface area contributed by atoms with Crippen LogP contribution in [0, 0.1) is 6.92 Å². The quantitative estimate of drug-likeness (QED) is 0.706. The van der Waals surface area contributed by atoms with E-state index in [1.54, 1.807) is 31.3 Å². The SMILES string of the molecule is CCc1cc(C(F)(F)F)n(-c2cccc3ncc(C)cc23)n1. The first-order chi connectivity index (χ1) is 10.4. The highest BCUT2D eigenvalue weighted by Crippen LogP contribution is 2.33. The average molecular weight is 305 g/mol. The molecule has 0 aliphatic rings. The highest BCUT2D eigenvalue weighted by atomic mass is 19.4. The van der Waals surface area contributed by atoms with E-state index in [0.717, 1.165) is 16.3 Å². The number of hydrogen-bond acceptors (Lipinski definition) is 2. The Kier molecular flexibility index (Phi) is 3.39. The number of benzene rings is 1. The van der Waals surface area contributed by atoms with Gasteiger partial charge in [-0.05, 0) is 43.2 Å². The molecule has 0 bridgehead atoms. The van der Waals surface area contributed by atoms with Gasteiger partial charge in [-0.25, -0.2) is 4.68 Å². The monoisotopic (exact) mass is 305 g/mol. The van der Waals surface area contributed by atoms with E-state index in [1.807, 2.05) is 13.0 Å². The van der Waals surface area contributed by atoms with Crippen LogP contribution in [-0.2, 0) is 12.6 Å². The number of fused-ring (bicyclic) bond motifs is 1. The molecule has 0 N–H and O–H groups in total. The Morgan fingerprint density at radius 3 is 2.64 bits per heavy atom. The summed E-state index contributed by atoms with van der Waals surface area (Å²) >= 11 is 0. The third kappa shape index (κ3) is 2.45. The van der Waals surface area contributed by atoms with E-state index in [2.05, 4.69) is 10.1 Å². The fourth-order valence-corrected chi connectivity index (χ4v) is 2.41. The van der Waals surface area contributed by atoms with Crippen LogP contribution < -0.4 is 0 Å². The maximum absolute atomic E-state index is 13.3. The molecule has 0 saturated carbocycles. The van der Waals surface area contributed by atoms with Crippen LogP contribution in [0.5, 0.6) is 0 Å². The van der Waals surface area contributed by atoms with Crippen molar-refractivity contribution in [2.24, 2.45) is 0 Å². The maximum atomic E-state index is 13.3. The van der Waals surface area contributed by atoms with Crippen molar-refractivity contribution < 1.29 is 13.2 Å². The molecule has 0 aliphatic carbocycles. The number of aryl methyl sites for hydroxylation is 2. The molecule has 2 heterocycles. The lowest BCUT2D eigenvalue weighted by atomic mass is 10.1. The first-order valence-electron chi connectivity index (χ1n) is 6.92. The van der Waals surface area contributed by atoms with Crippen molar-refractivity contribution in [1.82, 2.24) is 14.8 Å². The maximum Gasteiger partial charge on any atom is 0.433 e. The fraction of sp³-hybridized carbons (Fsp3) is 0.250. The Hall–Kier alpha value is -2.37. The Labute approximate surface area is 125 Å². The molecular formula is C16H14F3N3. The number of aromatic nitrogens is 3. The van der Waals surface area contributed by atoms with E-state index in [4.69, 9.17) is 0 Å². The first kappa shape index (κ1) is 14.6. The molecule has 3 nitrogen and oxygen atoms in total. The second kappa shape index (κ2) is 5.12. The van der Waals surface area contributed by atoms with Crippen LogP contribution in [0.1, 0.15) is 23.9 Å². The number of hydrogen-bond donors (Lipinski definition) is 0. The number of rotatable bonds is 2. The largest absolute Gasteiger partial charge is 0.433 e. The van der Waals surface area contributed by atoms with Crippen molar-refractivity contribution >= 4 is 10.9 Å². The van der Waals surface area contributed by atoms with Crippen molar-refractivity contribution in [1.29, 1.82) is 0 Å². The van der Waals surface area contributed by atoms with E-state index in [1.165, 1.54) is 0 Å². The lowest BCUT2D eigenvalue weighted by Crippen LogP contribution is -2.13. The molecule has 0 spiro atoms. The van der Waals surface area contributed by atoms with Crippen LogP contribution in [0.25, 0.3) is 16.6 Å². The summed E-state index contributed by atoms with van der Waals surface area (Å²) in [6, 6.07) is 8.02. The van der Waals surface area contributed by atoms with Crippen LogP contribution in [0.15, 0.2) is 36.5 Å². The number of alkyl halides is 3. The summed E-state index contributed by atoms with van der Waals surface area (Å²) in [7, 11) is 0. The predicted molar refractivity (Wildman–Crippen MR) is 78.0 cm³/mol. The van der Waals surface area contributed by atoms with Gasteiger partial charge in [-0.1, -0.05) is 13.0 Å². The first-order valence-corrected chi connectivity index (χ1v) is 6.92. The van der Waals surface area contributed by atoms with Crippen molar-refractivity contribution in [3.63, 3.8) is 0 Å². The molecule has 0 atom stereocenters. The van der Waals surface area contributed by atoms with Gasteiger partial charge in [0.15, 0.2) is 0 Å². The lowest BCUT2D eigenvalue weighted by molar-refractivity contribution is -0.142. The van der Waals surface area contributed by atoms with Crippen molar-refractivity contribution in [3.05, 3.63) is 53.5 Å². The summed E-state index contributed by atoms with van der Waals surface area (Å²) in [5.41, 5.74) is 1.56. The van der Waals surface area contributed by atoms with Gasteiger partial charge in [0.1, 0.15) is 5.69 Å². The molecule has 0 fully saturated rings. The zero-order valence-corrected chi connectivity index (χ0v) is 12.1. The molecule has 0 amide bonds. The number of halogens is 3. The highest BCUT2D eigenvalue weighted by molar-refractivity contribution is 5.87. The Balaban J connectivity index is 2.32. The van der Waals surface area contributed by atoms with Gasteiger partial charge in [0.2, 0.25) is 0 Å². The van der Waals surface area contributed by atoms with E-state index in [0.29, 0.717) is 28.7 Å². The third-order valence-corrected chi connectivity index (χ3v) is 3.48. The molecular weight excluding hydrogens is 291 g/mol. The van der Waals surface area contributed by atoms with Crippen LogP contribution in [-0.4, -0.2) is 14.8 Å². The minimum absolute atomic E-state index is 0.390. The summed E-state index contributed by atoms with van der Waals surface area (Å²) in [6.45, 7) is 3.64.